The number of rotatable bonds is 5. The predicted molar refractivity (Wildman–Crippen MR) is 99.2 cm³/mol. The highest BCUT2D eigenvalue weighted by Crippen LogP contribution is 2.36. The molecule has 1 atom stereocenters. The summed E-state index contributed by atoms with van der Waals surface area (Å²) in [4.78, 5) is 24.5. The maximum Gasteiger partial charge on any atom is 0.265 e. The van der Waals surface area contributed by atoms with Crippen LogP contribution in [0.4, 0.5) is 11.4 Å². The molecule has 0 bridgehead atoms. The van der Waals surface area contributed by atoms with Gasteiger partial charge in [0.2, 0.25) is 0 Å². The highest BCUT2D eigenvalue weighted by molar-refractivity contribution is 6.07. The third-order valence-corrected chi connectivity index (χ3v) is 4.12. The predicted octanol–water partition coefficient (Wildman–Crippen LogP) is 2.68. The maximum absolute atomic E-state index is 12.7. The van der Waals surface area contributed by atoms with Crippen LogP contribution in [0.15, 0.2) is 30.3 Å². The Bertz CT molecular complexity index is 896. The molecule has 27 heavy (non-hydrogen) atoms. The van der Waals surface area contributed by atoms with Crippen molar-refractivity contribution < 1.29 is 28.5 Å². The van der Waals surface area contributed by atoms with Crippen LogP contribution < -0.4 is 29.6 Å². The Morgan fingerprint density at radius 2 is 1.70 bits per heavy atom. The summed E-state index contributed by atoms with van der Waals surface area (Å²) in [5.74, 6) is 1.10. The van der Waals surface area contributed by atoms with E-state index in [4.69, 9.17) is 18.9 Å². The number of amides is 2. The molecule has 8 heteroatoms. The minimum atomic E-state index is -0.561. The molecule has 2 aromatic carbocycles. The SMILES string of the molecule is COc1cc(OC)c(C(=O)Nc2ccc3c(c2)NC(=O)[C@@H](C)O3)cc1OC. The first-order valence-corrected chi connectivity index (χ1v) is 8.19. The average Bonchev–Trinajstić information content (AvgIpc) is 2.67. The van der Waals surface area contributed by atoms with Gasteiger partial charge in [0.25, 0.3) is 11.8 Å². The van der Waals surface area contributed by atoms with Gasteiger partial charge in [-0.3, -0.25) is 9.59 Å². The van der Waals surface area contributed by atoms with Crippen molar-refractivity contribution in [3.05, 3.63) is 35.9 Å². The number of ether oxygens (including phenoxy) is 4. The molecule has 0 aromatic heterocycles. The number of fused-ring (bicyclic) bond motifs is 1. The molecule has 1 aliphatic rings. The summed E-state index contributed by atoms with van der Waals surface area (Å²) in [5.41, 5.74) is 1.27. The van der Waals surface area contributed by atoms with E-state index < -0.39 is 12.0 Å². The number of nitrogens with one attached hydrogen (secondary N) is 2. The first-order valence-electron chi connectivity index (χ1n) is 8.19. The highest BCUT2D eigenvalue weighted by atomic mass is 16.5. The molecular formula is C19H20N2O6. The van der Waals surface area contributed by atoms with E-state index in [1.165, 1.54) is 27.4 Å². The Hall–Kier alpha value is -3.42. The average molecular weight is 372 g/mol. The van der Waals surface area contributed by atoms with Crippen molar-refractivity contribution in [2.45, 2.75) is 13.0 Å². The van der Waals surface area contributed by atoms with Crippen LogP contribution in [-0.2, 0) is 4.79 Å². The van der Waals surface area contributed by atoms with Crippen LogP contribution in [0, 0.1) is 0 Å². The number of carbonyl (C=O) groups is 2. The second-order valence-electron chi connectivity index (χ2n) is 5.82. The lowest BCUT2D eigenvalue weighted by molar-refractivity contribution is -0.122. The number of hydrogen-bond acceptors (Lipinski definition) is 6. The van der Waals surface area contributed by atoms with Gasteiger partial charge in [-0.15, -0.1) is 0 Å². The van der Waals surface area contributed by atoms with Gasteiger partial charge < -0.3 is 29.6 Å². The van der Waals surface area contributed by atoms with E-state index in [1.807, 2.05) is 0 Å². The third-order valence-electron chi connectivity index (χ3n) is 4.12. The van der Waals surface area contributed by atoms with Crippen molar-refractivity contribution in [3.8, 4) is 23.0 Å². The third kappa shape index (κ3) is 3.59. The molecule has 0 unspecified atom stereocenters. The van der Waals surface area contributed by atoms with E-state index in [0.29, 0.717) is 34.4 Å². The smallest absolute Gasteiger partial charge is 0.265 e. The van der Waals surface area contributed by atoms with Crippen molar-refractivity contribution in [1.29, 1.82) is 0 Å². The lowest BCUT2D eigenvalue weighted by Gasteiger charge is -2.23. The summed E-state index contributed by atoms with van der Waals surface area (Å²) in [5, 5.41) is 5.52. The fraction of sp³-hybridized carbons (Fsp3) is 0.263. The van der Waals surface area contributed by atoms with E-state index in [0.717, 1.165) is 0 Å². The molecule has 2 amide bonds. The summed E-state index contributed by atoms with van der Waals surface area (Å²) in [6.07, 6.45) is -0.561. The van der Waals surface area contributed by atoms with Crippen LogP contribution >= 0.6 is 0 Å². The van der Waals surface area contributed by atoms with Crippen molar-refractivity contribution in [2.75, 3.05) is 32.0 Å². The molecule has 3 rings (SSSR count). The van der Waals surface area contributed by atoms with Crippen LogP contribution in [0.3, 0.4) is 0 Å². The summed E-state index contributed by atoms with van der Waals surface area (Å²) in [6, 6.07) is 8.12. The number of anilines is 2. The van der Waals surface area contributed by atoms with Crippen LogP contribution in [-0.4, -0.2) is 39.2 Å². The van der Waals surface area contributed by atoms with Crippen molar-refractivity contribution in [3.63, 3.8) is 0 Å². The van der Waals surface area contributed by atoms with Gasteiger partial charge in [0.1, 0.15) is 11.5 Å². The van der Waals surface area contributed by atoms with Gasteiger partial charge >= 0.3 is 0 Å². The first kappa shape index (κ1) is 18.4. The van der Waals surface area contributed by atoms with Gasteiger partial charge in [-0.25, -0.2) is 0 Å². The van der Waals surface area contributed by atoms with E-state index in [-0.39, 0.29) is 11.5 Å². The zero-order valence-corrected chi connectivity index (χ0v) is 15.4. The van der Waals surface area contributed by atoms with Gasteiger partial charge in [0.15, 0.2) is 17.6 Å². The summed E-state index contributed by atoms with van der Waals surface area (Å²) in [6.45, 7) is 1.66. The highest BCUT2D eigenvalue weighted by Gasteiger charge is 2.24. The standard InChI is InChI=1S/C19H20N2O6/c1-10-18(22)21-13-7-11(5-6-14(13)27-10)20-19(23)12-8-16(25-3)17(26-4)9-15(12)24-2/h5-10H,1-4H3,(H,20,23)(H,21,22)/t10-/m1/s1. The van der Waals surface area contributed by atoms with E-state index in [2.05, 4.69) is 10.6 Å². The number of methoxy groups -OCH3 is 3. The summed E-state index contributed by atoms with van der Waals surface area (Å²) < 4.78 is 21.3. The topological polar surface area (TPSA) is 95.1 Å². The molecule has 8 nitrogen and oxygen atoms in total. The Kier molecular flexibility index (Phi) is 5.07. The second-order valence-corrected chi connectivity index (χ2v) is 5.82. The molecule has 1 aliphatic heterocycles. The Labute approximate surface area is 156 Å². The van der Waals surface area contributed by atoms with Gasteiger partial charge in [0, 0.05) is 17.8 Å². The molecule has 2 aromatic rings. The maximum atomic E-state index is 12.7. The van der Waals surface area contributed by atoms with Gasteiger partial charge in [-0.05, 0) is 25.1 Å². The molecule has 0 fully saturated rings. The minimum absolute atomic E-state index is 0.243. The summed E-state index contributed by atoms with van der Waals surface area (Å²) >= 11 is 0. The molecule has 0 radical (unpaired) electrons. The van der Waals surface area contributed by atoms with Crippen LogP contribution in [0.25, 0.3) is 0 Å². The van der Waals surface area contributed by atoms with Gasteiger partial charge in [-0.2, -0.15) is 0 Å². The fourth-order valence-electron chi connectivity index (χ4n) is 2.69. The van der Waals surface area contributed by atoms with Crippen LogP contribution in [0.1, 0.15) is 17.3 Å². The van der Waals surface area contributed by atoms with Crippen LogP contribution in [0.5, 0.6) is 23.0 Å². The normalized spacial score (nSPS) is 15.1. The van der Waals surface area contributed by atoms with Gasteiger partial charge in [0.05, 0.1) is 32.6 Å². The molecule has 142 valence electrons. The molecule has 2 N–H and O–H groups in total. The van der Waals surface area contributed by atoms with E-state index >= 15 is 0 Å². The van der Waals surface area contributed by atoms with Gasteiger partial charge in [-0.1, -0.05) is 0 Å². The lowest BCUT2D eigenvalue weighted by atomic mass is 10.1. The second kappa shape index (κ2) is 7.45. The van der Waals surface area contributed by atoms with E-state index in [9.17, 15) is 9.59 Å². The zero-order valence-electron chi connectivity index (χ0n) is 15.4. The van der Waals surface area contributed by atoms with E-state index in [1.54, 1.807) is 31.2 Å². The largest absolute Gasteiger partial charge is 0.496 e. The fourth-order valence-corrected chi connectivity index (χ4v) is 2.69. The van der Waals surface area contributed by atoms with Crippen molar-refractivity contribution >= 4 is 23.2 Å². The monoisotopic (exact) mass is 372 g/mol. The number of hydrogen-bond donors (Lipinski definition) is 2. The molecular weight excluding hydrogens is 352 g/mol. The Morgan fingerprint density at radius 3 is 2.37 bits per heavy atom. The zero-order chi connectivity index (χ0) is 19.6. The van der Waals surface area contributed by atoms with Crippen LogP contribution in [0.2, 0.25) is 0 Å². The lowest BCUT2D eigenvalue weighted by Crippen LogP contribution is -2.34. The number of carbonyl (C=O) groups excluding carboxylic acids is 2. The summed E-state index contributed by atoms with van der Waals surface area (Å²) in [7, 11) is 4.45. The quantitative estimate of drug-likeness (QED) is 0.838. The Morgan fingerprint density at radius 1 is 1.04 bits per heavy atom. The molecule has 0 saturated carbocycles. The molecule has 0 aliphatic carbocycles. The van der Waals surface area contributed by atoms with Crippen molar-refractivity contribution in [1.82, 2.24) is 0 Å². The van der Waals surface area contributed by atoms with Crippen molar-refractivity contribution in [2.24, 2.45) is 0 Å². The Balaban J connectivity index is 1.88. The molecule has 1 heterocycles. The minimum Gasteiger partial charge on any atom is -0.496 e. The molecule has 0 saturated heterocycles. The first-order chi connectivity index (χ1) is 13.0. The molecule has 0 spiro atoms. The number of benzene rings is 2.